The number of H-pyrrole nitrogens is 1. The average molecular weight is 313 g/mol. The number of hydrogen-bond donors (Lipinski definition) is 4. The smallest absolute Gasteiger partial charge is 0.238 e. The van der Waals surface area contributed by atoms with E-state index in [1.54, 1.807) is 24.3 Å². The number of carbonyl (C=O) groups is 2. The van der Waals surface area contributed by atoms with Crippen LogP contribution in [0.3, 0.4) is 0 Å². The number of aromatic nitrogens is 2. The molecule has 0 aliphatic heterocycles. The highest BCUT2D eigenvalue weighted by atomic mass is 16.2. The minimum Gasteiger partial charge on any atom is -0.325 e. The minimum absolute atomic E-state index is 0.0589. The highest BCUT2D eigenvalue weighted by Crippen LogP contribution is 2.39. The quantitative estimate of drug-likeness (QED) is 0.645. The molecule has 0 bridgehead atoms. The van der Waals surface area contributed by atoms with Gasteiger partial charge in [0, 0.05) is 23.4 Å². The number of nitrogens with two attached hydrogens (primary N) is 1. The van der Waals surface area contributed by atoms with E-state index in [0.717, 1.165) is 11.3 Å². The lowest BCUT2D eigenvalue weighted by Gasteiger charge is -2.05. The van der Waals surface area contributed by atoms with Gasteiger partial charge in [0.2, 0.25) is 11.8 Å². The molecule has 3 rings (SSSR count). The molecular formula is C16H19N5O2. The molecule has 120 valence electrons. The van der Waals surface area contributed by atoms with Crippen LogP contribution in [0.1, 0.15) is 30.0 Å². The van der Waals surface area contributed by atoms with Crippen LogP contribution >= 0.6 is 0 Å². The molecule has 0 spiro atoms. The standard InChI is InChI=1S/C16H19N5O2/c17-9-16(23)18-12-5-1-10(2-6-12)7-15(22)19-14-8-13(20-21-14)11-3-4-11/h1-2,5-6,8,11H,3-4,7,9,17H2,(H,18,23)(H2,19,20,21,22). The number of carbonyl (C=O) groups excluding carboxylic acids is 2. The zero-order chi connectivity index (χ0) is 16.2. The van der Waals surface area contributed by atoms with E-state index in [1.807, 2.05) is 6.07 Å². The summed E-state index contributed by atoms with van der Waals surface area (Å²) in [7, 11) is 0. The molecule has 1 aromatic carbocycles. The number of rotatable bonds is 6. The van der Waals surface area contributed by atoms with Crippen LogP contribution in [0.25, 0.3) is 0 Å². The largest absolute Gasteiger partial charge is 0.325 e. The van der Waals surface area contributed by atoms with Crippen molar-refractivity contribution in [2.75, 3.05) is 17.2 Å². The van der Waals surface area contributed by atoms with Crippen LogP contribution in [-0.2, 0) is 16.0 Å². The molecule has 7 nitrogen and oxygen atoms in total. The third-order valence-corrected chi connectivity index (χ3v) is 3.67. The summed E-state index contributed by atoms with van der Waals surface area (Å²) in [6.45, 7) is -0.0589. The average Bonchev–Trinajstić information content (AvgIpc) is 3.29. The lowest BCUT2D eigenvalue weighted by Crippen LogP contribution is -2.21. The van der Waals surface area contributed by atoms with Gasteiger partial charge in [0.15, 0.2) is 5.82 Å². The van der Waals surface area contributed by atoms with E-state index in [1.165, 1.54) is 12.8 Å². The molecule has 7 heteroatoms. The van der Waals surface area contributed by atoms with Crippen LogP contribution in [-0.4, -0.2) is 28.6 Å². The van der Waals surface area contributed by atoms with Gasteiger partial charge in [0.05, 0.1) is 13.0 Å². The van der Waals surface area contributed by atoms with Gasteiger partial charge in [-0.1, -0.05) is 12.1 Å². The van der Waals surface area contributed by atoms with Crippen LogP contribution in [0.2, 0.25) is 0 Å². The maximum Gasteiger partial charge on any atom is 0.238 e. The summed E-state index contributed by atoms with van der Waals surface area (Å²) >= 11 is 0. The maximum atomic E-state index is 12.0. The first-order valence-electron chi connectivity index (χ1n) is 7.58. The Kier molecular flexibility index (Phi) is 4.38. The maximum absolute atomic E-state index is 12.0. The number of benzene rings is 1. The van der Waals surface area contributed by atoms with Gasteiger partial charge in [-0.2, -0.15) is 5.10 Å². The van der Waals surface area contributed by atoms with Gasteiger partial charge in [-0.3, -0.25) is 14.7 Å². The molecular weight excluding hydrogens is 294 g/mol. The summed E-state index contributed by atoms with van der Waals surface area (Å²) in [6.07, 6.45) is 2.61. The molecule has 0 unspecified atom stereocenters. The summed E-state index contributed by atoms with van der Waals surface area (Å²) in [5.74, 6) is 0.756. The lowest BCUT2D eigenvalue weighted by atomic mass is 10.1. The van der Waals surface area contributed by atoms with Gasteiger partial charge in [-0.05, 0) is 30.5 Å². The number of aromatic amines is 1. The Morgan fingerprint density at radius 1 is 1.17 bits per heavy atom. The molecule has 2 amide bonds. The number of nitrogens with one attached hydrogen (secondary N) is 3. The van der Waals surface area contributed by atoms with Crippen molar-refractivity contribution in [3.63, 3.8) is 0 Å². The predicted octanol–water partition coefficient (Wildman–Crippen LogP) is 1.37. The molecule has 5 N–H and O–H groups in total. The van der Waals surface area contributed by atoms with Gasteiger partial charge in [-0.25, -0.2) is 0 Å². The van der Waals surface area contributed by atoms with Crippen LogP contribution in [0, 0.1) is 0 Å². The monoisotopic (exact) mass is 313 g/mol. The second-order valence-electron chi connectivity index (χ2n) is 5.66. The number of hydrogen-bond acceptors (Lipinski definition) is 4. The number of nitrogens with zero attached hydrogens (tertiary/aromatic N) is 1. The SMILES string of the molecule is NCC(=O)Nc1ccc(CC(=O)Nc2cc(C3CC3)[nH]n2)cc1. The van der Waals surface area contributed by atoms with E-state index in [-0.39, 0.29) is 24.8 Å². The number of anilines is 2. The van der Waals surface area contributed by atoms with Crippen LogP contribution in [0.15, 0.2) is 30.3 Å². The molecule has 0 radical (unpaired) electrons. The second-order valence-corrected chi connectivity index (χ2v) is 5.66. The van der Waals surface area contributed by atoms with Crippen molar-refractivity contribution in [2.45, 2.75) is 25.2 Å². The van der Waals surface area contributed by atoms with E-state index in [2.05, 4.69) is 20.8 Å². The fourth-order valence-corrected chi connectivity index (χ4v) is 2.29. The van der Waals surface area contributed by atoms with Gasteiger partial charge in [0.25, 0.3) is 0 Å². The Morgan fingerprint density at radius 2 is 1.91 bits per heavy atom. The fourth-order valence-electron chi connectivity index (χ4n) is 2.29. The molecule has 1 aromatic heterocycles. The molecule has 2 aromatic rings. The zero-order valence-corrected chi connectivity index (χ0v) is 12.6. The minimum atomic E-state index is -0.250. The van der Waals surface area contributed by atoms with Crippen molar-refractivity contribution in [3.8, 4) is 0 Å². The Balaban J connectivity index is 1.53. The van der Waals surface area contributed by atoms with Crippen molar-refractivity contribution in [1.82, 2.24) is 10.2 Å². The highest BCUT2D eigenvalue weighted by Gasteiger charge is 2.25. The van der Waals surface area contributed by atoms with E-state index < -0.39 is 0 Å². The first-order valence-corrected chi connectivity index (χ1v) is 7.58. The molecule has 0 atom stereocenters. The van der Waals surface area contributed by atoms with E-state index in [0.29, 0.717) is 17.4 Å². The van der Waals surface area contributed by atoms with E-state index in [9.17, 15) is 9.59 Å². The molecule has 1 aliphatic carbocycles. The molecule has 0 saturated heterocycles. The van der Waals surface area contributed by atoms with Gasteiger partial charge in [0.1, 0.15) is 0 Å². The Labute approximate surface area is 133 Å². The van der Waals surface area contributed by atoms with Crippen molar-refractivity contribution in [1.29, 1.82) is 0 Å². The fraction of sp³-hybridized carbons (Fsp3) is 0.312. The number of amides is 2. The van der Waals surface area contributed by atoms with Gasteiger partial charge < -0.3 is 16.4 Å². The van der Waals surface area contributed by atoms with Gasteiger partial charge in [-0.15, -0.1) is 0 Å². The Hall–Kier alpha value is -2.67. The predicted molar refractivity (Wildman–Crippen MR) is 87.0 cm³/mol. The zero-order valence-electron chi connectivity index (χ0n) is 12.6. The van der Waals surface area contributed by atoms with E-state index >= 15 is 0 Å². The van der Waals surface area contributed by atoms with Crippen LogP contribution in [0.4, 0.5) is 11.5 Å². The van der Waals surface area contributed by atoms with E-state index in [4.69, 9.17) is 5.73 Å². The molecule has 1 aliphatic rings. The third kappa shape index (κ3) is 4.17. The van der Waals surface area contributed by atoms with Crippen LogP contribution in [0.5, 0.6) is 0 Å². The topological polar surface area (TPSA) is 113 Å². The second kappa shape index (κ2) is 6.62. The molecule has 1 fully saturated rings. The van der Waals surface area contributed by atoms with Crippen LogP contribution < -0.4 is 16.4 Å². The first-order chi connectivity index (χ1) is 11.1. The van der Waals surface area contributed by atoms with Crippen molar-refractivity contribution >= 4 is 23.3 Å². The van der Waals surface area contributed by atoms with Crippen molar-refractivity contribution in [2.24, 2.45) is 5.73 Å². The Bertz CT molecular complexity index is 704. The summed E-state index contributed by atoms with van der Waals surface area (Å²) in [4.78, 5) is 23.2. The summed E-state index contributed by atoms with van der Waals surface area (Å²) in [5.41, 5.74) is 7.83. The molecule has 23 heavy (non-hydrogen) atoms. The summed E-state index contributed by atoms with van der Waals surface area (Å²) < 4.78 is 0. The normalized spacial score (nSPS) is 13.6. The highest BCUT2D eigenvalue weighted by molar-refractivity contribution is 5.93. The Morgan fingerprint density at radius 3 is 2.57 bits per heavy atom. The summed E-state index contributed by atoms with van der Waals surface area (Å²) in [5, 5.41) is 12.5. The molecule has 1 saturated carbocycles. The van der Waals surface area contributed by atoms with Crippen molar-refractivity contribution in [3.05, 3.63) is 41.6 Å². The first kappa shape index (κ1) is 15.2. The third-order valence-electron chi connectivity index (χ3n) is 3.67. The summed E-state index contributed by atoms with van der Waals surface area (Å²) in [6, 6.07) is 8.98. The van der Waals surface area contributed by atoms with Crippen molar-refractivity contribution < 1.29 is 9.59 Å². The van der Waals surface area contributed by atoms with Gasteiger partial charge >= 0.3 is 0 Å². The lowest BCUT2D eigenvalue weighted by molar-refractivity contribution is -0.116. The molecule has 1 heterocycles.